The van der Waals surface area contributed by atoms with E-state index in [2.05, 4.69) is 20.4 Å². The van der Waals surface area contributed by atoms with Gasteiger partial charge in [0.15, 0.2) is 5.65 Å². The lowest BCUT2D eigenvalue weighted by Gasteiger charge is -2.10. The molecule has 0 saturated heterocycles. The molecule has 0 atom stereocenters. The van der Waals surface area contributed by atoms with Crippen molar-refractivity contribution in [3.8, 4) is 21.7 Å². The van der Waals surface area contributed by atoms with Gasteiger partial charge in [0.05, 0.1) is 17.6 Å². The predicted octanol–water partition coefficient (Wildman–Crippen LogP) is 6.64. The highest BCUT2D eigenvalue weighted by molar-refractivity contribution is 7.21. The van der Waals surface area contributed by atoms with Crippen molar-refractivity contribution >= 4 is 56.0 Å². The quantitative estimate of drug-likeness (QED) is 0.231. The molecule has 0 spiro atoms. The van der Waals surface area contributed by atoms with Gasteiger partial charge in [-0.25, -0.2) is 23.3 Å². The van der Waals surface area contributed by atoms with Gasteiger partial charge in [-0.3, -0.25) is 9.59 Å². The molecular formula is C28H20F2N6O2S2. The molecule has 40 heavy (non-hydrogen) atoms. The Balaban J connectivity index is 1.49. The summed E-state index contributed by atoms with van der Waals surface area (Å²) in [6.45, 7) is 3.89. The number of pyridine rings is 1. The molecule has 5 heterocycles. The average Bonchev–Trinajstić information content (AvgIpc) is 3.65. The minimum absolute atomic E-state index is 0.00146. The first-order valence-electron chi connectivity index (χ1n) is 12.0. The zero-order chi connectivity index (χ0) is 28.1. The van der Waals surface area contributed by atoms with Crippen LogP contribution in [0.1, 0.15) is 42.6 Å². The number of anilines is 1. The summed E-state index contributed by atoms with van der Waals surface area (Å²) in [4.78, 5) is 36.4. The van der Waals surface area contributed by atoms with Crippen LogP contribution < -0.4 is 11.1 Å². The lowest BCUT2D eigenvalue weighted by Crippen LogP contribution is -2.17. The van der Waals surface area contributed by atoms with Gasteiger partial charge in [0.2, 0.25) is 0 Å². The number of halogens is 2. The SMILES string of the molecule is Cc1ccc(-c2ccnc3c(C(=O)Nc4c(C(N)=O)sc5nc(C(F)F)cc(-c6ccc(C)s6)c45)cnn23)cc1. The Morgan fingerprint density at radius 3 is 2.50 bits per heavy atom. The van der Waals surface area contributed by atoms with Crippen LogP contribution in [0.5, 0.6) is 0 Å². The van der Waals surface area contributed by atoms with Crippen molar-refractivity contribution < 1.29 is 18.4 Å². The summed E-state index contributed by atoms with van der Waals surface area (Å²) >= 11 is 2.26. The van der Waals surface area contributed by atoms with Crippen LogP contribution in [0.4, 0.5) is 14.5 Å². The predicted molar refractivity (Wildman–Crippen MR) is 152 cm³/mol. The van der Waals surface area contributed by atoms with E-state index >= 15 is 0 Å². The maximum Gasteiger partial charge on any atom is 0.280 e. The number of nitrogens with zero attached hydrogens (tertiary/aromatic N) is 4. The number of hydrogen-bond acceptors (Lipinski definition) is 7. The number of amides is 2. The first-order valence-corrected chi connectivity index (χ1v) is 13.7. The van der Waals surface area contributed by atoms with Gasteiger partial charge in [0.1, 0.15) is 21.0 Å². The van der Waals surface area contributed by atoms with Gasteiger partial charge in [-0.15, -0.1) is 22.7 Å². The average molecular weight is 575 g/mol. The molecule has 200 valence electrons. The first kappa shape index (κ1) is 25.7. The lowest BCUT2D eigenvalue weighted by atomic mass is 10.1. The normalized spacial score (nSPS) is 11.5. The molecule has 0 radical (unpaired) electrons. The zero-order valence-corrected chi connectivity index (χ0v) is 22.7. The van der Waals surface area contributed by atoms with Crippen molar-refractivity contribution in [3.05, 3.63) is 87.5 Å². The summed E-state index contributed by atoms with van der Waals surface area (Å²) in [5.41, 5.74) is 8.98. The Morgan fingerprint density at radius 1 is 1.05 bits per heavy atom. The second-order valence-corrected chi connectivity index (χ2v) is 11.4. The number of fused-ring (bicyclic) bond motifs is 2. The number of carbonyl (C=O) groups is 2. The van der Waals surface area contributed by atoms with Crippen LogP contribution in [-0.4, -0.2) is 31.4 Å². The molecule has 0 bridgehead atoms. The molecule has 3 N–H and O–H groups in total. The van der Waals surface area contributed by atoms with E-state index in [-0.39, 0.29) is 21.0 Å². The number of nitrogens with one attached hydrogen (secondary N) is 1. The highest BCUT2D eigenvalue weighted by atomic mass is 32.1. The van der Waals surface area contributed by atoms with E-state index in [0.29, 0.717) is 21.5 Å². The fourth-order valence-electron chi connectivity index (χ4n) is 4.47. The van der Waals surface area contributed by atoms with Crippen LogP contribution in [0.2, 0.25) is 0 Å². The number of aromatic nitrogens is 4. The maximum atomic E-state index is 13.7. The molecule has 0 saturated carbocycles. The summed E-state index contributed by atoms with van der Waals surface area (Å²) in [7, 11) is 0. The number of carbonyl (C=O) groups excluding carboxylic acids is 2. The topological polar surface area (TPSA) is 115 Å². The van der Waals surface area contributed by atoms with E-state index in [9.17, 15) is 18.4 Å². The highest BCUT2D eigenvalue weighted by Crippen LogP contribution is 2.44. The summed E-state index contributed by atoms with van der Waals surface area (Å²) in [6, 6.07) is 14.6. The van der Waals surface area contributed by atoms with Crippen molar-refractivity contribution in [2.75, 3.05) is 5.32 Å². The third-order valence-electron chi connectivity index (χ3n) is 6.37. The van der Waals surface area contributed by atoms with Gasteiger partial charge < -0.3 is 11.1 Å². The van der Waals surface area contributed by atoms with Gasteiger partial charge in [-0.2, -0.15) is 5.10 Å². The first-order chi connectivity index (χ1) is 19.2. The molecule has 6 rings (SSSR count). The van der Waals surface area contributed by atoms with Crippen LogP contribution in [0.3, 0.4) is 0 Å². The van der Waals surface area contributed by atoms with Crippen LogP contribution in [-0.2, 0) is 0 Å². The molecule has 2 amide bonds. The van der Waals surface area contributed by atoms with Gasteiger partial charge in [-0.1, -0.05) is 29.8 Å². The second-order valence-electron chi connectivity index (χ2n) is 9.10. The maximum absolute atomic E-state index is 13.7. The number of primary amides is 1. The Morgan fingerprint density at radius 2 is 1.82 bits per heavy atom. The van der Waals surface area contributed by atoms with E-state index in [4.69, 9.17) is 5.73 Å². The summed E-state index contributed by atoms with van der Waals surface area (Å²) in [5, 5.41) is 7.56. The monoisotopic (exact) mass is 574 g/mol. The number of nitrogens with two attached hydrogens (primary N) is 1. The van der Waals surface area contributed by atoms with Crippen LogP contribution in [0.15, 0.2) is 60.9 Å². The van der Waals surface area contributed by atoms with E-state index in [1.165, 1.54) is 23.6 Å². The summed E-state index contributed by atoms with van der Waals surface area (Å²) in [6.07, 6.45) is 0.156. The molecule has 6 aromatic rings. The summed E-state index contributed by atoms with van der Waals surface area (Å²) < 4.78 is 29.1. The van der Waals surface area contributed by atoms with Gasteiger partial charge in [0.25, 0.3) is 18.2 Å². The fraction of sp³-hybridized carbons (Fsp3) is 0.107. The van der Waals surface area contributed by atoms with Crippen LogP contribution >= 0.6 is 22.7 Å². The van der Waals surface area contributed by atoms with Gasteiger partial charge >= 0.3 is 0 Å². The van der Waals surface area contributed by atoms with Crippen molar-refractivity contribution in [2.45, 2.75) is 20.3 Å². The standard InChI is InChI=1S/C28H20F2N6O2S2/c1-13-3-6-15(7-4-13)19-9-10-32-26-17(12-33-36(19)26)27(38)35-22-21-16(20-8-5-14(2)39-20)11-18(24(29)30)34-28(21)40-23(22)25(31)37/h3-12,24H,1-2H3,(H2,31,37)(H,35,38). The van der Waals surface area contributed by atoms with E-state index in [1.807, 2.05) is 44.2 Å². The number of benzene rings is 1. The Kier molecular flexibility index (Phi) is 6.35. The molecular weight excluding hydrogens is 554 g/mol. The van der Waals surface area contributed by atoms with Crippen LogP contribution in [0.25, 0.3) is 37.6 Å². The molecule has 8 nitrogen and oxygen atoms in total. The Hall–Kier alpha value is -4.55. The summed E-state index contributed by atoms with van der Waals surface area (Å²) in [5.74, 6) is -1.40. The highest BCUT2D eigenvalue weighted by Gasteiger charge is 2.27. The molecule has 5 aromatic heterocycles. The van der Waals surface area contributed by atoms with Crippen molar-refractivity contribution in [3.63, 3.8) is 0 Å². The van der Waals surface area contributed by atoms with Crippen molar-refractivity contribution in [1.82, 2.24) is 19.6 Å². The van der Waals surface area contributed by atoms with Gasteiger partial charge in [0, 0.05) is 32.5 Å². The number of aryl methyl sites for hydroxylation is 2. The van der Waals surface area contributed by atoms with Crippen molar-refractivity contribution in [1.29, 1.82) is 0 Å². The molecule has 0 aliphatic rings. The lowest BCUT2D eigenvalue weighted by molar-refractivity contribution is 0.100. The number of rotatable bonds is 6. The largest absolute Gasteiger partial charge is 0.365 e. The van der Waals surface area contributed by atoms with E-state index in [0.717, 1.165) is 33.0 Å². The molecule has 12 heteroatoms. The molecule has 0 aliphatic heterocycles. The Bertz CT molecular complexity index is 1940. The number of thiophene rings is 2. The second kappa shape index (κ2) is 9.88. The molecule has 0 unspecified atom stereocenters. The zero-order valence-electron chi connectivity index (χ0n) is 21.1. The fourth-order valence-corrected chi connectivity index (χ4v) is 6.38. The number of alkyl halides is 2. The Labute approximate surface area is 234 Å². The minimum atomic E-state index is -2.83. The van der Waals surface area contributed by atoms with E-state index < -0.39 is 23.9 Å². The third-order valence-corrected chi connectivity index (χ3v) is 8.50. The van der Waals surface area contributed by atoms with Crippen LogP contribution in [0, 0.1) is 13.8 Å². The van der Waals surface area contributed by atoms with Gasteiger partial charge in [-0.05, 0) is 38.1 Å². The molecule has 1 aromatic carbocycles. The van der Waals surface area contributed by atoms with E-state index in [1.54, 1.807) is 22.8 Å². The third kappa shape index (κ3) is 4.40. The number of hydrogen-bond donors (Lipinski definition) is 2. The molecule has 0 aliphatic carbocycles. The van der Waals surface area contributed by atoms with Crippen molar-refractivity contribution in [2.24, 2.45) is 5.73 Å². The smallest absolute Gasteiger partial charge is 0.280 e. The minimum Gasteiger partial charge on any atom is -0.365 e. The molecule has 0 fully saturated rings.